The molecule has 0 aliphatic heterocycles. The smallest absolute Gasteiger partial charge is 0.352 e. The summed E-state index contributed by atoms with van der Waals surface area (Å²) in [5.74, 6) is -1.90. The number of carbonyl (C=O) groups is 2. The molecule has 1 aromatic heterocycles. The van der Waals surface area contributed by atoms with Crippen molar-refractivity contribution in [1.29, 1.82) is 0 Å². The van der Waals surface area contributed by atoms with Gasteiger partial charge in [-0.1, -0.05) is 0 Å². The molecule has 1 aromatic rings. The lowest BCUT2D eigenvalue weighted by Crippen LogP contribution is -2.33. The number of amides is 1. The van der Waals surface area contributed by atoms with Gasteiger partial charge in [0.25, 0.3) is 5.91 Å². The SMILES string of the molecule is CNS(=O)(=O)CCNC(=O)c1c(C)[nH]c(C(=O)O)c1C. The minimum atomic E-state index is -3.39. The average Bonchev–Trinajstić information content (AvgIpc) is 2.64. The molecule has 112 valence electrons. The summed E-state index contributed by atoms with van der Waals surface area (Å²) in [6, 6.07) is 0. The summed E-state index contributed by atoms with van der Waals surface area (Å²) in [5.41, 5.74) is 0.928. The number of carboxylic acids is 1. The molecule has 8 nitrogen and oxygen atoms in total. The predicted octanol–water partition coefficient (Wildman–Crippen LogP) is -0.391. The third kappa shape index (κ3) is 3.58. The highest BCUT2D eigenvalue weighted by Gasteiger charge is 2.21. The molecule has 0 aliphatic carbocycles. The third-order valence-electron chi connectivity index (χ3n) is 2.85. The summed E-state index contributed by atoms with van der Waals surface area (Å²) >= 11 is 0. The summed E-state index contributed by atoms with van der Waals surface area (Å²) in [6.07, 6.45) is 0. The van der Waals surface area contributed by atoms with E-state index in [1.54, 1.807) is 6.92 Å². The van der Waals surface area contributed by atoms with Crippen molar-refractivity contribution < 1.29 is 23.1 Å². The van der Waals surface area contributed by atoms with Crippen LogP contribution in [0.1, 0.15) is 32.1 Å². The Morgan fingerprint density at radius 1 is 1.30 bits per heavy atom. The van der Waals surface area contributed by atoms with Crippen LogP contribution >= 0.6 is 0 Å². The molecule has 0 aliphatic rings. The van der Waals surface area contributed by atoms with Gasteiger partial charge in [0.05, 0.1) is 11.3 Å². The molecule has 0 aromatic carbocycles. The second-order valence-corrected chi connectivity index (χ2v) is 6.26. The van der Waals surface area contributed by atoms with Crippen LogP contribution < -0.4 is 10.0 Å². The zero-order valence-electron chi connectivity index (χ0n) is 11.4. The number of H-pyrrole nitrogens is 1. The van der Waals surface area contributed by atoms with E-state index in [9.17, 15) is 18.0 Å². The lowest BCUT2D eigenvalue weighted by Gasteiger charge is -2.06. The lowest BCUT2D eigenvalue weighted by molar-refractivity contribution is 0.0690. The molecule has 9 heteroatoms. The molecule has 0 radical (unpaired) electrons. The number of carbonyl (C=O) groups excluding carboxylic acids is 1. The molecule has 0 unspecified atom stereocenters. The molecule has 0 bridgehead atoms. The molecule has 4 N–H and O–H groups in total. The number of aryl methyl sites for hydroxylation is 1. The molecular formula is C11H17N3O5S. The number of sulfonamides is 1. The van der Waals surface area contributed by atoms with Gasteiger partial charge in [-0.3, -0.25) is 4.79 Å². The summed E-state index contributed by atoms with van der Waals surface area (Å²) in [6.45, 7) is 3.04. The number of aromatic amines is 1. The zero-order chi connectivity index (χ0) is 15.5. The normalized spacial score (nSPS) is 11.3. The van der Waals surface area contributed by atoms with Crippen molar-refractivity contribution in [3.8, 4) is 0 Å². The maximum Gasteiger partial charge on any atom is 0.352 e. The molecule has 0 atom stereocenters. The number of carboxylic acid groups (broad SMARTS) is 1. The molecule has 1 amide bonds. The van der Waals surface area contributed by atoms with Gasteiger partial charge in [-0.25, -0.2) is 17.9 Å². The van der Waals surface area contributed by atoms with Crippen LogP contribution in [0.4, 0.5) is 0 Å². The van der Waals surface area contributed by atoms with Crippen LogP contribution in [0.5, 0.6) is 0 Å². The number of hydrogen-bond donors (Lipinski definition) is 4. The number of rotatable bonds is 6. The van der Waals surface area contributed by atoms with Gasteiger partial charge in [-0.2, -0.15) is 0 Å². The Hall–Kier alpha value is -1.87. The van der Waals surface area contributed by atoms with Crippen LogP contribution in [-0.2, 0) is 10.0 Å². The first-order valence-electron chi connectivity index (χ1n) is 5.81. The minimum absolute atomic E-state index is 0.0458. The summed E-state index contributed by atoms with van der Waals surface area (Å²) in [5, 5.41) is 11.4. The van der Waals surface area contributed by atoms with Gasteiger partial charge in [0.1, 0.15) is 5.69 Å². The Labute approximate surface area is 116 Å². The fourth-order valence-corrected chi connectivity index (χ4v) is 2.37. The number of aromatic carboxylic acids is 1. The number of hydrogen-bond acceptors (Lipinski definition) is 4. The van der Waals surface area contributed by atoms with E-state index in [0.717, 1.165) is 0 Å². The fraction of sp³-hybridized carbons (Fsp3) is 0.455. The molecule has 0 spiro atoms. The van der Waals surface area contributed by atoms with Crippen LogP contribution in [-0.4, -0.2) is 49.7 Å². The largest absolute Gasteiger partial charge is 0.477 e. The number of nitrogens with one attached hydrogen (secondary N) is 3. The Balaban J connectivity index is 2.81. The van der Waals surface area contributed by atoms with Crippen molar-refractivity contribution in [3.05, 3.63) is 22.5 Å². The monoisotopic (exact) mass is 303 g/mol. The number of aromatic nitrogens is 1. The highest BCUT2D eigenvalue weighted by atomic mass is 32.2. The van der Waals surface area contributed by atoms with Crippen molar-refractivity contribution >= 4 is 21.9 Å². The van der Waals surface area contributed by atoms with Crippen LogP contribution in [0.25, 0.3) is 0 Å². The fourth-order valence-electron chi connectivity index (χ4n) is 1.79. The van der Waals surface area contributed by atoms with Crippen molar-refractivity contribution in [2.75, 3.05) is 19.3 Å². The van der Waals surface area contributed by atoms with Crippen LogP contribution in [0.15, 0.2) is 0 Å². The van der Waals surface area contributed by atoms with Crippen molar-refractivity contribution in [2.45, 2.75) is 13.8 Å². The van der Waals surface area contributed by atoms with Crippen LogP contribution in [0.3, 0.4) is 0 Å². The quantitative estimate of drug-likeness (QED) is 0.569. The highest BCUT2D eigenvalue weighted by molar-refractivity contribution is 7.89. The van der Waals surface area contributed by atoms with Gasteiger partial charge in [-0.15, -0.1) is 0 Å². The van der Waals surface area contributed by atoms with E-state index in [-0.39, 0.29) is 23.6 Å². The Kier molecular flexibility index (Phi) is 4.90. The zero-order valence-corrected chi connectivity index (χ0v) is 12.2. The topological polar surface area (TPSA) is 128 Å². The van der Waals surface area contributed by atoms with Gasteiger partial charge < -0.3 is 15.4 Å². The molecule has 0 fully saturated rings. The van der Waals surface area contributed by atoms with E-state index in [4.69, 9.17) is 5.11 Å². The van der Waals surface area contributed by atoms with Crippen molar-refractivity contribution in [3.63, 3.8) is 0 Å². The van der Waals surface area contributed by atoms with Gasteiger partial charge in [0.2, 0.25) is 10.0 Å². The highest BCUT2D eigenvalue weighted by Crippen LogP contribution is 2.17. The Morgan fingerprint density at radius 2 is 1.90 bits per heavy atom. The maximum atomic E-state index is 12.0. The predicted molar refractivity (Wildman–Crippen MR) is 72.4 cm³/mol. The van der Waals surface area contributed by atoms with E-state index in [1.165, 1.54) is 14.0 Å². The van der Waals surface area contributed by atoms with Crippen molar-refractivity contribution in [1.82, 2.24) is 15.0 Å². The summed E-state index contributed by atoms with van der Waals surface area (Å²) in [4.78, 5) is 25.5. The second kappa shape index (κ2) is 6.06. The first kappa shape index (κ1) is 16.2. The summed E-state index contributed by atoms with van der Waals surface area (Å²) < 4.78 is 24.5. The van der Waals surface area contributed by atoms with Crippen molar-refractivity contribution in [2.24, 2.45) is 0 Å². The summed E-state index contributed by atoms with van der Waals surface area (Å²) in [7, 11) is -2.10. The molecule has 20 heavy (non-hydrogen) atoms. The van der Waals surface area contributed by atoms with E-state index >= 15 is 0 Å². The maximum absolute atomic E-state index is 12.0. The van der Waals surface area contributed by atoms with Gasteiger partial charge in [-0.05, 0) is 26.5 Å². The first-order chi connectivity index (χ1) is 9.19. The van der Waals surface area contributed by atoms with Gasteiger partial charge >= 0.3 is 5.97 Å². The molecular weight excluding hydrogens is 286 g/mol. The molecule has 1 rings (SSSR count). The molecule has 0 saturated carbocycles. The van der Waals surface area contributed by atoms with Crippen LogP contribution in [0, 0.1) is 13.8 Å². The third-order valence-corrected chi connectivity index (χ3v) is 4.21. The first-order valence-corrected chi connectivity index (χ1v) is 7.46. The van der Waals surface area contributed by atoms with Crippen LogP contribution in [0.2, 0.25) is 0 Å². The Morgan fingerprint density at radius 3 is 2.35 bits per heavy atom. The molecule has 1 heterocycles. The van der Waals surface area contributed by atoms with Gasteiger partial charge in [0, 0.05) is 12.2 Å². The standard InChI is InChI=1S/C11H17N3O5S/c1-6-8(7(2)14-9(6)11(16)17)10(15)13-4-5-20(18,19)12-3/h12,14H,4-5H2,1-3H3,(H,13,15)(H,16,17). The minimum Gasteiger partial charge on any atom is -0.477 e. The second-order valence-electron chi connectivity index (χ2n) is 4.21. The van der Waals surface area contributed by atoms with E-state index in [1.807, 2.05) is 0 Å². The average molecular weight is 303 g/mol. The van der Waals surface area contributed by atoms with E-state index in [2.05, 4.69) is 15.0 Å². The molecule has 0 saturated heterocycles. The van der Waals surface area contributed by atoms with Gasteiger partial charge in [0.15, 0.2) is 0 Å². The Bertz CT molecular complexity index is 633. The lowest BCUT2D eigenvalue weighted by atomic mass is 10.1. The van der Waals surface area contributed by atoms with E-state index in [0.29, 0.717) is 11.3 Å². The van der Waals surface area contributed by atoms with E-state index < -0.39 is 21.9 Å².